The lowest BCUT2D eigenvalue weighted by atomic mass is 10.2. The second kappa shape index (κ2) is 5.02. The molecule has 1 aromatic heterocycles. The normalized spacial score (nSPS) is 11.4. The fraction of sp³-hybridized carbons (Fsp3) is 0.0833. The van der Waals surface area contributed by atoms with Crippen LogP contribution in [0.15, 0.2) is 59.9 Å². The average molecular weight is 215 g/mol. The molecule has 0 unspecified atom stereocenters. The van der Waals surface area contributed by atoms with Gasteiger partial charge < -0.3 is 10.7 Å². The van der Waals surface area contributed by atoms with Gasteiger partial charge >= 0.3 is 0 Å². The summed E-state index contributed by atoms with van der Waals surface area (Å²) in [6.45, 7) is 0.440. The van der Waals surface area contributed by atoms with E-state index in [0.717, 1.165) is 5.56 Å². The number of pyridine rings is 1. The molecule has 0 amide bonds. The zero-order valence-electron chi connectivity index (χ0n) is 8.78. The van der Waals surface area contributed by atoms with Gasteiger partial charge in [0.2, 0.25) is 0 Å². The van der Waals surface area contributed by atoms with Crippen LogP contribution < -0.4 is 11.3 Å². The minimum Gasteiger partial charge on any atom is -0.389 e. The van der Waals surface area contributed by atoms with Crippen molar-refractivity contribution in [3.63, 3.8) is 0 Å². The van der Waals surface area contributed by atoms with E-state index in [1.807, 2.05) is 42.5 Å². The minimum atomic E-state index is 0.440. The van der Waals surface area contributed by atoms with Gasteiger partial charge in [0.05, 0.1) is 0 Å². The first-order valence-electron chi connectivity index (χ1n) is 4.99. The molecule has 1 heterocycles. The number of hydrogen-bond acceptors (Lipinski definition) is 3. The van der Waals surface area contributed by atoms with Gasteiger partial charge in [-0.05, 0) is 17.7 Å². The summed E-state index contributed by atoms with van der Waals surface area (Å²) in [5.41, 5.74) is 1.66. The first kappa shape index (κ1) is 10.3. The van der Waals surface area contributed by atoms with Crippen molar-refractivity contribution in [2.45, 2.75) is 6.61 Å². The maximum Gasteiger partial charge on any atom is 0.190 e. The van der Waals surface area contributed by atoms with Gasteiger partial charge in [-0.15, -0.1) is 0 Å². The fourth-order valence-electron chi connectivity index (χ4n) is 1.27. The van der Waals surface area contributed by atoms with E-state index >= 15 is 0 Å². The van der Waals surface area contributed by atoms with E-state index in [9.17, 15) is 0 Å². The molecule has 2 rings (SSSR count). The number of aromatic nitrogens is 1. The summed E-state index contributed by atoms with van der Waals surface area (Å²) in [5, 5.41) is 3.94. The molecule has 0 saturated carbocycles. The maximum absolute atomic E-state index is 5.64. The van der Waals surface area contributed by atoms with Crippen molar-refractivity contribution in [3.05, 3.63) is 65.8 Å². The summed E-state index contributed by atoms with van der Waals surface area (Å²) in [7, 11) is 0. The molecule has 0 saturated heterocycles. The third-order valence-corrected chi connectivity index (χ3v) is 2.10. The smallest absolute Gasteiger partial charge is 0.190 e. The molecule has 82 valence electrons. The quantitative estimate of drug-likeness (QED) is 0.618. The largest absolute Gasteiger partial charge is 0.389 e. The summed E-state index contributed by atoms with van der Waals surface area (Å²) >= 11 is 0. The zero-order valence-corrected chi connectivity index (χ0v) is 8.78. The Morgan fingerprint density at radius 3 is 2.56 bits per heavy atom. The third-order valence-electron chi connectivity index (χ3n) is 2.10. The number of benzene rings is 1. The highest BCUT2D eigenvalue weighted by Crippen LogP contribution is 1.99. The van der Waals surface area contributed by atoms with Gasteiger partial charge in [0, 0.05) is 6.20 Å². The number of rotatable bonds is 3. The van der Waals surface area contributed by atoms with Gasteiger partial charge in [0.1, 0.15) is 6.61 Å². The van der Waals surface area contributed by atoms with Crippen molar-refractivity contribution < 1.29 is 4.84 Å². The predicted molar refractivity (Wildman–Crippen MR) is 61.4 cm³/mol. The number of nitrogen functional groups attached to an aromatic ring is 1. The summed E-state index contributed by atoms with van der Waals surface area (Å²) in [5.74, 6) is 5.64. The Kier molecular flexibility index (Phi) is 3.23. The van der Waals surface area contributed by atoms with Crippen LogP contribution in [-0.2, 0) is 11.4 Å². The number of hydrogen-bond donors (Lipinski definition) is 1. The van der Waals surface area contributed by atoms with E-state index in [0.29, 0.717) is 12.1 Å². The molecule has 0 bridgehead atoms. The molecule has 16 heavy (non-hydrogen) atoms. The Hall–Kier alpha value is -2.23. The second-order valence-corrected chi connectivity index (χ2v) is 3.32. The second-order valence-electron chi connectivity index (χ2n) is 3.32. The Bertz CT molecular complexity index is 505. The van der Waals surface area contributed by atoms with Crippen LogP contribution >= 0.6 is 0 Å². The van der Waals surface area contributed by atoms with Gasteiger partial charge in [0.25, 0.3) is 0 Å². The molecule has 0 aliphatic carbocycles. The molecule has 0 radical (unpaired) electrons. The number of nitrogens with zero attached hydrogens (tertiary/aromatic N) is 2. The fourth-order valence-corrected chi connectivity index (χ4v) is 1.27. The summed E-state index contributed by atoms with van der Waals surface area (Å²) in [6.07, 6.45) is 1.71. The van der Waals surface area contributed by atoms with E-state index in [1.165, 1.54) is 4.68 Å². The highest BCUT2D eigenvalue weighted by Gasteiger charge is 1.90. The third kappa shape index (κ3) is 2.63. The molecule has 1 aromatic carbocycles. The average Bonchev–Trinajstić information content (AvgIpc) is 2.33. The monoisotopic (exact) mass is 215 g/mol. The van der Waals surface area contributed by atoms with Crippen LogP contribution in [0, 0.1) is 0 Å². The summed E-state index contributed by atoms with van der Waals surface area (Å²) in [6, 6.07) is 15.3. The summed E-state index contributed by atoms with van der Waals surface area (Å²) < 4.78 is 1.41. The SMILES string of the molecule is Nn1ccccc1=NOCc1ccccc1. The van der Waals surface area contributed by atoms with Crippen LogP contribution in [0.1, 0.15) is 5.56 Å². The van der Waals surface area contributed by atoms with Crippen molar-refractivity contribution in [1.29, 1.82) is 0 Å². The Morgan fingerprint density at radius 1 is 1.06 bits per heavy atom. The van der Waals surface area contributed by atoms with Crippen LogP contribution in [0.2, 0.25) is 0 Å². The van der Waals surface area contributed by atoms with Crippen molar-refractivity contribution >= 4 is 0 Å². The topological polar surface area (TPSA) is 52.5 Å². The lowest BCUT2D eigenvalue weighted by Gasteiger charge is -2.00. The summed E-state index contributed by atoms with van der Waals surface area (Å²) in [4.78, 5) is 5.21. The van der Waals surface area contributed by atoms with Crippen molar-refractivity contribution in [3.8, 4) is 0 Å². The van der Waals surface area contributed by atoms with Crippen molar-refractivity contribution in [2.75, 3.05) is 5.84 Å². The first-order chi connectivity index (χ1) is 7.86. The molecule has 4 nitrogen and oxygen atoms in total. The van der Waals surface area contributed by atoms with Gasteiger partial charge in [0.15, 0.2) is 5.49 Å². The van der Waals surface area contributed by atoms with Crippen molar-refractivity contribution in [1.82, 2.24) is 4.68 Å². The van der Waals surface area contributed by atoms with E-state index in [-0.39, 0.29) is 0 Å². The zero-order chi connectivity index (χ0) is 11.2. The molecule has 4 heteroatoms. The standard InChI is InChI=1S/C12H13N3O/c13-15-9-5-4-8-12(15)14-16-10-11-6-2-1-3-7-11/h1-9H,10,13H2. The number of nitrogens with two attached hydrogens (primary N) is 1. The first-order valence-corrected chi connectivity index (χ1v) is 4.99. The molecule has 0 aliphatic rings. The Balaban J connectivity index is 2.03. The molecule has 0 atom stereocenters. The van der Waals surface area contributed by atoms with Crippen LogP contribution in [0.5, 0.6) is 0 Å². The lowest BCUT2D eigenvalue weighted by Crippen LogP contribution is -2.26. The highest BCUT2D eigenvalue weighted by atomic mass is 16.6. The Morgan fingerprint density at radius 2 is 1.81 bits per heavy atom. The van der Waals surface area contributed by atoms with Gasteiger partial charge in [-0.3, -0.25) is 0 Å². The molecule has 0 fully saturated rings. The molecule has 0 aliphatic heterocycles. The lowest BCUT2D eigenvalue weighted by molar-refractivity contribution is 0.117. The highest BCUT2D eigenvalue weighted by molar-refractivity contribution is 5.13. The molecular formula is C12H13N3O. The van der Waals surface area contributed by atoms with E-state index in [1.54, 1.807) is 12.3 Å². The molecule has 0 spiro atoms. The minimum absolute atomic E-state index is 0.440. The maximum atomic E-state index is 5.64. The van der Waals surface area contributed by atoms with Gasteiger partial charge in [-0.2, -0.15) is 0 Å². The van der Waals surface area contributed by atoms with Gasteiger partial charge in [-0.25, -0.2) is 4.68 Å². The van der Waals surface area contributed by atoms with E-state index in [2.05, 4.69) is 5.16 Å². The molecule has 2 N–H and O–H groups in total. The molecular weight excluding hydrogens is 202 g/mol. The van der Waals surface area contributed by atoms with Crippen LogP contribution in [0.3, 0.4) is 0 Å². The Labute approximate surface area is 93.6 Å². The van der Waals surface area contributed by atoms with Crippen molar-refractivity contribution in [2.24, 2.45) is 5.16 Å². The van der Waals surface area contributed by atoms with E-state index in [4.69, 9.17) is 10.7 Å². The molecule has 2 aromatic rings. The predicted octanol–water partition coefficient (Wildman–Crippen LogP) is 1.23. The van der Waals surface area contributed by atoms with Crippen LogP contribution in [0.4, 0.5) is 0 Å². The van der Waals surface area contributed by atoms with E-state index < -0.39 is 0 Å². The van der Waals surface area contributed by atoms with Crippen LogP contribution in [-0.4, -0.2) is 4.68 Å². The van der Waals surface area contributed by atoms with Gasteiger partial charge in [-0.1, -0.05) is 41.6 Å². The van der Waals surface area contributed by atoms with Crippen LogP contribution in [0.25, 0.3) is 0 Å².